The zero-order valence-corrected chi connectivity index (χ0v) is 19.7. The SMILES string of the molecule is C=NC(Cc1c[nH]c2ccc(Oc3ccc(C=O)cc3)cc12)C(=O)N([CH2-])C([CH2-])C#N.[Y]. The first-order chi connectivity index (χ1) is 14.5. The summed E-state index contributed by atoms with van der Waals surface area (Å²) in [6, 6.07) is 12.5. The number of nitrogens with one attached hydrogen (secondary N) is 1. The Bertz CT molecular complexity index is 1120. The number of rotatable bonds is 8. The number of carbonyl (C=O) groups is 2. The quantitative estimate of drug-likeness (QED) is 0.296. The number of ether oxygens (including phenoxy) is 1. The van der Waals surface area contributed by atoms with Gasteiger partial charge in [-0.25, -0.2) is 0 Å². The third kappa shape index (κ3) is 5.66. The van der Waals surface area contributed by atoms with Crippen molar-refractivity contribution in [2.45, 2.75) is 18.5 Å². The van der Waals surface area contributed by atoms with Crippen LogP contribution >= 0.6 is 0 Å². The van der Waals surface area contributed by atoms with Crippen LogP contribution in [0.2, 0.25) is 0 Å². The van der Waals surface area contributed by atoms with Gasteiger partial charge in [0.15, 0.2) is 0 Å². The van der Waals surface area contributed by atoms with Crippen LogP contribution in [0.4, 0.5) is 0 Å². The van der Waals surface area contributed by atoms with E-state index >= 15 is 0 Å². The van der Waals surface area contributed by atoms with E-state index in [-0.39, 0.29) is 39.1 Å². The molecule has 1 radical (unpaired) electrons. The third-order valence-electron chi connectivity index (χ3n) is 4.72. The van der Waals surface area contributed by atoms with Crippen LogP contribution in [-0.2, 0) is 43.9 Å². The van der Waals surface area contributed by atoms with Crippen LogP contribution in [0.1, 0.15) is 15.9 Å². The van der Waals surface area contributed by atoms with Crippen molar-refractivity contribution in [2.75, 3.05) is 0 Å². The molecule has 0 aliphatic carbocycles. The number of nitriles is 1. The van der Waals surface area contributed by atoms with Crippen molar-refractivity contribution in [3.63, 3.8) is 0 Å². The van der Waals surface area contributed by atoms with E-state index in [0.29, 0.717) is 17.1 Å². The molecule has 2 unspecified atom stereocenters. The Morgan fingerprint density at radius 3 is 2.58 bits per heavy atom. The zero-order chi connectivity index (χ0) is 21.7. The number of H-pyrrole nitrogens is 1. The first kappa shape index (κ1) is 24.5. The van der Waals surface area contributed by atoms with Crippen LogP contribution in [0.25, 0.3) is 10.9 Å². The number of carbonyl (C=O) groups excluding carboxylic acids is 2. The number of aliphatic imine (C=N–C) groups is 1. The minimum absolute atomic E-state index is 0. The summed E-state index contributed by atoms with van der Waals surface area (Å²) in [5.41, 5.74) is 2.30. The third-order valence-corrected chi connectivity index (χ3v) is 4.72. The van der Waals surface area contributed by atoms with E-state index in [1.807, 2.05) is 24.3 Å². The summed E-state index contributed by atoms with van der Waals surface area (Å²) in [6.45, 7) is 7.09. The molecule has 8 heteroatoms. The van der Waals surface area contributed by atoms with E-state index in [0.717, 1.165) is 27.7 Å². The molecule has 1 heterocycles. The first-order valence-electron chi connectivity index (χ1n) is 9.12. The number of aldehydes is 1. The van der Waals surface area contributed by atoms with Gasteiger partial charge in [0.25, 0.3) is 0 Å². The average molecular weight is 489 g/mol. The van der Waals surface area contributed by atoms with Gasteiger partial charge in [-0.3, -0.25) is 21.6 Å². The van der Waals surface area contributed by atoms with E-state index in [1.54, 1.807) is 30.5 Å². The first-order valence-corrected chi connectivity index (χ1v) is 9.12. The molecule has 0 bridgehead atoms. The molecule has 0 saturated carbocycles. The maximum atomic E-state index is 12.6. The summed E-state index contributed by atoms with van der Waals surface area (Å²) < 4.78 is 5.88. The maximum absolute atomic E-state index is 12.6. The Kier molecular flexibility index (Phi) is 8.67. The summed E-state index contributed by atoms with van der Waals surface area (Å²) in [7, 11) is 3.60. The van der Waals surface area contributed by atoms with Gasteiger partial charge in [-0.15, -0.1) is 0 Å². The number of hydrogen-bond acceptors (Lipinski definition) is 5. The minimum Gasteiger partial charge on any atom is -0.505 e. The normalized spacial score (nSPS) is 12.2. The Morgan fingerprint density at radius 1 is 1.29 bits per heavy atom. The van der Waals surface area contributed by atoms with Gasteiger partial charge >= 0.3 is 0 Å². The van der Waals surface area contributed by atoms with Crippen LogP contribution in [0.5, 0.6) is 11.5 Å². The van der Waals surface area contributed by atoms with E-state index in [4.69, 9.17) is 10.00 Å². The Hall–Kier alpha value is -2.82. The van der Waals surface area contributed by atoms with Gasteiger partial charge in [0.1, 0.15) is 23.8 Å². The van der Waals surface area contributed by atoms with E-state index in [1.165, 1.54) is 0 Å². The molecular weight excluding hydrogens is 469 g/mol. The van der Waals surface area contributed by atoms with Crippen LogP contribution in [0.3, 0.4) is 0 Å². The fourth-order valence-corrected chi connectivity index (χ4v) is 2.99. The van der Waals surface area contributed by atoms with Crippen molar-refractivity contribution in [3.8, 4) is 17.6 Å². The second-order valence-corrected chi connectivity index (χ2v) is 6.67. The predicted molar refractivity (Wildman–Crippen MR) is 114 cm³/mol. The van der Waals surface area contributed by atoms with Gasteiger partial charge in [-0.05, 0) is 60.8 Å². The summed E-state index contributed by atoms with van der Waals surface area (Å²) >= 11 is 0. The van der Waals surface area contributed by atoms with Crippen molar-refractivity contribution in [1.29, 1.82) is 5.26 Å². The second kappa shape index (κ2) is 11.0. The molecule has 1 amide bonds. The molecule has 7 nitrogen and oxygen atoms in total. The molecule has 3 aromatic rings. The van der Waals surface area contributed by atoms with Crippen LogP contribution in [0, 0.1) is 25.3 Å². The molecule has 2 atom stereocenters. The molecule has 3 rings (SSSR count). The van der Waals surface area contributed by atoms with Crippen LogP contribution in [-0.4, -0.2) is 40.9 Å². The smallest absolute Gasteiger partial charge is 0.217 e. The Morgan fingerprint density at radius 2 is 1.97 bits per heavy atom. The fraction of sp³-hybridized carbons (Fsp3) is 0.130. The molecule has 31 heavy (non-hydrogen) atoms. The largest absolute Gasteiger partial charge is 0.505 e. The van der Waals surface area contributed by atoms with Gasteiger partial charge in [0.2, 0.25) is 5.91 Å². The standard InChI is InChI=1S/C23H20N4O3.Y/c1-15(12-24)27(3)23(29)22(25-2)10-17-13-26-21-9-8-19(11-20(17)21)30-18-6-4-16(14-28)5-7-18;/h4-9,11,13-15,22,26H,1-3,10H2;/q-2;. The number of amides is 1. The van der Waals surface area contributed by atoms with E-state index < -0.39 is 18.0 Å². The minimum atomic E-state index is -0.907. The number of benzene rings is 2. The molecule has 155 valence electrons. The molecule has 1 N–H and O–H groups in total. The molecule has 0 aliphatic heterocycles. The number of nitrogens with zero attached hydrogens (tertiary/aromatic N) is 3. The summed E-state index contributed by atoms with van der Waals surface area (Å²) in [6.07, 6.45) is 2.86. The molecule has 0 aliphatic rings. The van der Waals surface area contributed by atoms with Gasteiger partial charge in [-0.2, -0.15) is 5.26 Å². The van der Waals surface area contributed by atoms with Crippen LogP contribution < -0.4 is 4.74 Å². The number of fused-ring (bicyclic) bond motifs is 1. The molecule has 0 saturated heterocycles. The summed E-state index contributed by atoms with van der Waals surface area (Å²) in [5.74, 6) is 0.782. The van der Waals surface area contributed by atoms with Gasteiger partial charge < -0.3 is 21.5 Å². The monoisotopic (exact) mass is 489 g/mol. The van der Waals surface area contributed by atoms with Crippen molar-refractivity contribution >= 4 is 29.8 Å². The van der Waals surface area contributed by atoms with Crippen molar-refractivity contribution in [1.82, 2.24) is 9.88 Å². The van der Waals surface area contributed by atoms with E-state index in [2.05, 4.69) is 30.7 Å². The predicted octanol–water partition coefficient (Wildman–Crippen LogP) is 3.73. The topological polar surface area (TPSA) is 98.5 Å². The van der Waals surface area contributed by atoms with Crippen molar-refractivity contribution in [2.24, 2.45) is 4.99 Å². The maximum Gasteiger partial charge on any atom is 0.217 e. The second-order valence-electron chi connectivity index (χ2n) is 6.67. The number of hydrogen-bond donors (Lipinski definition) is 1. The summed E-state index contributed by atoms with van der Waals surface area (Å²) in [5, 5.41) is 9.83. The zero-order valence-electron chi connectivity index (χ0n) is 16.8. The molecule has 0 spiro atoms. The molecule has 2 aromatic carbocycles. The number of aromatic nitrogens is 1. The number of aromatic amines is 1. The summed E-state index contributed by atoms with van der Waals surface area (Å²) in [4.78, 5) is 31.5. The molecule has 1 aromatic heterocycles. The van der Waals surface area contributed by atoms with Gasteiger partial charge in [0, 0.05) is 61.8 Å². The van der Waals surface area contributed by atoms with Crippen molar-refractivity contribution < 1.29 is 47.0 Å². The molecule has 0 fully saturated rings. The average Bonchev–Trinajstić information content (AvgIpc) is 3.18. The van der Waals surface area contributed by atoms with Crippen molar-refractivity contribution in [3.05, 3.63) is 73.8 Å². The van der Waals surface area contributed by atoms with Gasteiger partial charge in [-0.1, -0.05) is 0 Å². The Balaban J connectivity index is 0.00000341. The van der Waals surface area contributed by atoms with E-state index in [9.17, 15) is 9.59 Å². The van der Waals surface area contributed by atoms with Crippen LogP contribution in [0.15, 0.2) is 53.7 Å². The van der Waals surface area contributed by atoms with Gasteiger partial charge in [0.05, 0.1) is 6.07 Å². The fourth-order valence-electron chi connectivity index (χ4n) is 2.99. The molecular formula is C23H20N4O3Y-2. The Labute approximate surface area is 206 Å².